The van der Waals surface area contributed by atoms with Crippen molar-refractivity contribution in [3.8, 4) is 11.3 Å². The van der Waals surface area contributed by atoms with Crippen molar-refractivity contribution in [1.82, 2.24) is 20.5 Å². The molecular weight excluding hydrogens is 226 g/mol. The van der Waals surface area contributed by atoms with Gasteiger partial charge in [0, 0.05) is 44.1 Å². The number of aromatic nitrogens is 3. The fourth-order valence-corrected chi connectivity index (χ4v) is 2.06. The van der Waals surface area contributed by atoms with Gasteiger partial charge in [-0.05, 0) is 24.3 Å². The van der Waals surface area contributed by atoms with Crippen molar-refractivity contribution in [3.05, 3.63) is 36.7 Å². The third-order valence-electron chi connectivity index (χ3n) is 3.05. The van der Waals surface area contributed by atoms with Gasteiger partial charge in [-0.3, -0.25) is 4.98 Å². The molecule has 0 saturated carbocycles. The van der Waals surface area contributed by atoms with E-state index in [2.05, 4.69) is 25.4 Å². The number of nitrogens with zero attached hydrogens (tertiary/aromatic N) is 4. The second-order valence-corrected chi connectivity index (χ2v) is 4.26. The van der Waals surface area contributed by atoms with Gasteiger partial charge in [0.2, 0.25) is 0 Å². The highest BCUT2D eigenvalue weighted by molar-refractivity contribution is 5.58. The van der Waals surface area contributed by atoms with Crippen molar-refractivity contribution in [2.24, 2.45) is 0 Å². The standard InChI is InChI=1S/C13H15N5/c1-2-11(10-15-5-1)12-3-4-13(17-16-12)18-8-6-14-7-9-18/h1-5,10,14H,6-9H2. The van der Waals surface area contributed by atoms with Gasteiger partial charge in [-0.15, -0.1) is 10.2 Å². The molecule has 92 valence electrons. The van der Waals surface area contributed by atoms with Gasteiger partial charge < -0.3 is 10.2 Å². The summed E-state index contributed by atoms with van der Waals surface area (Å²) in [4.78, 5) is 6.33. The predicted molar refractivity (Wildman–Crippen MR) is 70.3 cm³/mol. The first-order valence-electron chi connectivity index (χ1n) is 6.13. The third-order valence-corrected chi connectivity index (χ3v) is 3.05. The molecule has 2 aromatic rings. The molecule has 1 aliphatic heterocycles. The van der Waals surface area contributed by atoms with Gasteiger partial charge in [-0.25, -0.2) is 0 Å². The maximum atomic E-state index is 4.30. The molecule has 3 heterocycles. The summed E-state index contributed by atoms with van der Waals surface area (Å²) in [5.74, 6) is 0.948. The number of anilines is 1. The first kappa shape index (κ1) is 11.1. The van der Waals surface area contributed by atoms with Crippen molar-refractivity contribution < 1.29 is 0 Å². The minimum atomic E-state index is 0.863. The molecule has 5 heteroatoms. The molecule has 1 saturated heterocycles. The Balaban J connectivity index is 1.80. The number of piperazine rings is 1. The lowest BCUT2D eigenvalue weighted by molar-refractivity contribution is 0.583. The van der Waals surface area contributed by atoms with Gasteiger partial charge in [0.05, 0.1) is 5.69 Å². The van der Waals surface area contributed by atoms with E-state index in [4.69, 9.17) is 0 Å². The Morgan fingerprint density at radius 2 is 1.94 bits per heavy atom. The van der Waals surface area contributed by atoms with Gasteiger partial charge in [-0.1, -0.05) is 0 Å². The highest BCUT2D eigenvalue weighted by atomic mass is 15.3. The third kappa shape index (κ3) is 2.31. The van der Waals surface area contributed by atoms with E-state index in [1.165, 1.54) is 0 Å². The first-order valence-corrected chi connectivity index (χ1v) is 6.13. The fraction of sp³-hybridized carbons (Fsp3) is 0.308. The van der Waals surface area contributed by atoms with Crippen LogP contribution in [-0.2, 0) is 0 Å². The van der Waals surface area contributed by atoms with E-state index < -0.39 is 0 Å². The largest absolute Gasteiger partial charge is 0.353 e. The van der Waals surface area contributed by atoms with E-state index in [-0.39, 0.29) is 0 Å². The van der Waals surface area contributed by atoms with Crippen LogP contribution in [0.15, 0.2) is 36.7 Å². The van der Waals surface area contributed by atoms with Gasteiger partial charge >= 0.3 is 0 Å². The molecule has 1 N–H and O–H groups in total. The minimum absolute atomic E-state index is 0.863. The lowest BCUT2D eigenvalue weighted by Crippen LogP contribution is -2.43. The van der Waals surface area contributed by atoms with Crippen LogP contribution in [0, 0.1) is 0 Å². The maximum Gasteiger partial charge on any atom is 0.151 e. The predicted octanol–water partition coefficient (Wildman–Crippen LogP) is 0.948. The second-order valence-electron chi connectivity index (χ2n) is 4.26. The zero-order valence-electron chi connectivity index (χ0n) is 10.1. The van der Waals surface area contributed by atoms with Gasteiger partial charge in [0.15, 0.2) is 5.82 Å². The smallest absolute Gasteiger partial charge is 0.151 e. The van der Waals surface area contributed by atoms with Crippen molar-refractivity contribution in [3.63, 3.8) is 0 Å². The van der Waals surface area contributed by atoms with E-state index >= 15 is 0 Å². The van der Waals surface area contributed by atoms with Crippen molar-refractivity contribution in [1.29, 1.82) is 0 Å². The van der Waals surface area contributed by atoms with Gasteiger partial charge in [0.25, 0.3) is 0 Å². The van der Waals surface area contributed by atoms with E-state index in [1.807, 2.05) is 24.3 Å². The minimum Gasteiger partial charge on any atom is -0.353 e. The molecule has 0 radical (unpaired) electrons. The quantitative estimate of drug-likeness (QED) is 0.848. The Hall–Kier alpha value is -2.01. The SMILES string of the molecule is c1cncc(-c2ccc(N3CCNCC3)nn2)c1. The molecule has 5 nitrogen and oxygen atoms in total. The van der Waals surface area contributed by atoms with E-state index in [1.54, 1.807) is 12.4 Å². The van der Waals surface area contributed by atoms with Crippen molar-refractivity contribution in [2.75, 3.05) is 31.1 Å². The summed E-state index contributed by atoms with van der Waals surface area (Å²) >= 11 is 0. The molecule has 0 amide bonds. The Morgan fingerprint density at radius 3 is 2.61 bits per heavy atom. The maximum absolute atomic E-state index is 4.30. The average Bonchev–Trinajstić information content (AvgIpc) is 2.49. The van der Waals surface area contributed by atoms with Crippen molar-refractivity contribution >= 4 is 5.82 Å². The zero-order chi connectivity index (χ0) is 12.2. The molecule has 0 unspecified atom stereocenters. The number of rotatable bonds is 2. The lowest BCUT2D eigenvalue weighted by Gasteiger charge is -2.27. The van der Waals surface area contributed by atoms with E-state index in [9.17, 15) is 0 Å². The van der Waals surface area contributed by atoms with E-state index in [0.29, 0.717) is 0 Å². The molecule has 0 spiro atoms. The molecular formula is C13H15N5. The summed E-state index contributed by atoms with van der Waals surface area (Å²) in [6.07, 6.45) is 3.56. The zero-order valence-corrected chi connectivity index (χ0v) is 10.1. The Kier molecular flexibility index (Phi) is 3.14. The molecule has 1 fully saturated rings. The summed E-state index contributed by atoms with van der Waals surface area (Å²) in [5, 5.41) is 11.9. The molecule has 0 aromatic carbocycles. The number of hydrogen-bond donors (Lipinski definition) is 1. The van der Waals surface area contributed by atoms with Crippen LogP contribution in [0.1, 0.15) is 0 Å². The first-order chi connectivity index (χ1) is 8.93. The fourth-order valence-electron chi connectivity index (χ4n) is 2.06. The average molecular weight is 241 g/mol. The summed E-state index contributed by atoms with van der Waals surface area (Å²) < 4.78 is 0. The molecule has 2 aromatic heterocycles. The summed E-state index contributed by atoms with van der Waals surface area (Å²) in [7, 11) is 0. The van der Waals surface area contributed by atoms with Crippen LogP contribution in [0.3, 0.4) is 0 Å². The van der Waals surface area contributed by atoms with Gasteiger partial charge in [0.1, 0.15) is 0 Å². The normalized spacial score (nSPS) is 15.7. The van der Waals surface area contributed by atoms with Crippen LogP contribution in [0.5, 0.6) is 0 Å². The molecule has 0 bridgehead atoms. The van der Waals surface area contributed by atoms with Gasteiger partial charge in [-0.2, -0.15) is 0 Å². The highest BCUT2D eigenvalue weighted by Crippen LogP contribution is 2.17. The van der Waals surface area contributed by atoms with Crippen LogP contribution >= 0.6 is 0 Å². The number of nitrogens with one attached hydrogen (secondary N) is 1. The molecule has 0 atom stereocenters. The van der Waals surface area contributed by atoms with Crippen LogP contribution in [-0.4, -0.2) is 41.4 Å². The monoisotopic (exact) mass is 241 g/mol. The van der Waals surface area contributed by atoms with Crippen LogP contribution < -0.4 is 10.2 Å². The highest BCUT2D eigenvalue weighted by Gasteiger charge is 2.12. The Morgan fingerprint density at radius 1 is 1.06 bits per heavy atom. The molecule has 3 rings (SSSR count). The van der Waals surface area contributed by atoms with Crippen LogP contribution in [0.25, 0.3) is 11.3 Å². The number of pyridine rings is 1. The lowest BCUT2D eigenvalue weighted by atomic mass is 10.2. The molecule has 0 aliphatic carbocycles. The second kappa shape index (κ2) is 5.10. The topological polar surface area (TPSA) is 53.9 Å². The van der Waals surface area contributed by atoms with Crippen LogP contribution in [0.4, 0.5) is 5.82 Å². The summed E-state index contributed by atoms with van der Waals surface area (Å²) in [5.41, 5.74) is 1.86. The van der Waals surface area contributed by atoms with E-state index in [0.717, 1.165) is 43.3 Å². The number of hydrogen-bond acceptors (Lipinski definition) is 5. The van der Waals surface area contributed by atoms with Crippen LogP contribution in [0.2, 0.25) is 0 Å². The Labute approximate surface area is 106 Å². The summed E-state index contributed by atoms with van der Waals surface area (Å²) in [6, 6.07) is 7.92. The molecule has 18 heavy (non-hydrogen) atoms. The Bertz CT molecular complexity index is 491. The molecule has 1 aliphatic rings. The van der Waals surface area contributed by atoms with Crippen molar-refractivity contribution in [2.45, 2.75) is 0 Å². The summed E-state index contributed by atoms with van der Waals surface area (Å²) in [6.45, 7) is 3.99.